The van der Waals surface area contributed by atoms with Gasteiger partial charge in [0.25, 0.3) is 0 Å². The molecule has 1 aromatic carbocycles. The van der Waals surface area contributed by atoms with Gasteiger partial charge in [0.15, 0.2) is 27.3 Å². The van der Waals surface area contributed by atoms with Crippen LogP contribution in [0.25, 0.3) is 0 Å². The fraction of sp³-hybridized carbons (Fsp3) is 0.632. The molecule has 3 aliphatic heterocycles. The van der Waals surface area contributed by atoms with Gasteiger partial charge in [-0.15, -0.1) is 24.0 Å². The van der Waals surface area contributed by atoms with E-state index < -0.39 is 9.84 Å². The Morgan fingerprint density at radius 3 is 2.69 bits per heavy atom. The predicted octanol–water partition coefficient (Wildman–Crippen LogP) is 1.43. The molecule has 10 heteroatoms. The monoisotopic (exact) mass is 537 g/mol. The topological polar surface area (TPSA) is 98.2 Å². The molecule has 2 saturated heterocycles. The van der Waals surface area contributed by atoms with Crippen molar-refractivity contribution in [2.24, 2.45) is 4.99 Å². The van der Waals surface area contributed by atoms with Gasteiger partial charge in [-0.05, 0) is 37.0 Å². The zero-order valence-corrected chi connectivity index (χ0v) is 19.6. The summed E-state index contributed by atoms with van der Waals surface area (Å²) in [6.45, 7) is 2.33. The quantitative estimate of drug-likeness (QED) is 0.341. The number of ether oxygens (including phenoxy) is 3. The third-order valence-electron chi connectivity index (χ3n) is 5.83. The van der Waals surface area contributed by atoms with Gasteiger partial charge in [-0.2, -0.15) is 0 Å². The van der Waals surface area contributed by atoms with Gasteiger partial charge in [-0.3, -0.25) is 4.99 Å². The predicted molar refractivity (Wildman–Crippen MR) is 121 cm³/mol. The van der Waals surface area contributed by atoms with E-state index in [-0.39, 0.29) is 53.7 Å². The zero-order valence-electron chi connectivity index (χ0n) is 16.5. The molecule has 29 heavy (non-hydrogen) atoms. The van der Waals surface area contributed by atoms with Crippen molar-refractivity contribution in [3.63, 3.8) is 0 Å². The first-order valence-electron chi connectivity index (χ1n) is 9.65. The van der Waals surface area contributed by atoms with Crippen molar-refractivity contribution in [1.29, 1.82) is 0 Å². The summed E-state index contributed by atoms with van der Waals surface area (Å²) in [5.74, 6) is 2.59. The van der Waals surface area contributed by atoms with Crippen LogP contribution in [0.2, 0.25) is 0 Å². The van der Waals surface area contributed by atoms with Gasteiger partial charge in [-0.25, -0.2) is 8.42 Å². The number of hydrogen-bond acceptors (Lipinski definition) is 6. The fourth-order valence-corrected chi connectivity index (χ4v) is 5.78. The number of nitrogens with one attached hydrogen (secondary N) is 2. The molecule has 3 aliphatic rings. The summed E-state index contributed by atoms with van der Waals surface area (Å²) in [5, 5.41) is 6.67. The van der Waals surface area contributed by atoms with Crippen molar-refractivity contribution < 1.29 is 22.6 Å². The smallest absolute Gasteiger partial charge is 0.231 e. The second kappa shape index (κ2) is 9.25. The molecule has 0 bridgehead atoms. The average Bonchev–Trinajstić information content (AvgIpc) is 3.30. The second-order valence-electron chi connectivity index (χ2n) is 7.63. The summed E-state index contributed by atoms with van der Waals surface area (Å²) in [5.41, 5.74) is 1.07. The third kappa shape index (κ3) is 5.08. The minimum absolute atomic E-state index is 0. The van der Waals surface area contributed by atoms with Crippen LogP contribution in [0.4, 0.5) is 0 Å². The molecule has 0 aliphatic carbocycles. The van der Waals surface area contributed by atoms with E-state index in [0.717, 1.165) is 24.3 Å². The Morgan fingerprint density at radius 2 is 2.00 bits per heavy atom. The number of sulfone groups is 1. The maximum Gasteiger partial charge on any atom is 0.231 e. The van der Waals surface area contributed by atoms with Crippen LogP contribution in [0, 0.1) is 0 Å². The molecule has 0 aromatic heterocycles. The number of benzene rings is 1. The van der Waals surface area contributed by atoms with Gasteiger partial charge < -0.3 is 24.8 Å². The lowest BCUT2D eigenvalue weighted by Crippen LogP contribution is -2.50. The number of halogens is 1. The summed E-state index contributed by atoms with van der Waals surface area (Å²) in [4.78, 5) is 4.29. The van der Waals surface area contributed by atoms with Gasteiger partial charge in [0, 0.05) is 38.3 Å². The molecular formula is C19H28IN3O5S. The Labute approximate surface area is 188 Å². The lowest BCUT2D eigenvalue weighted by Gasteiger charge is -2.38. The fourth-order valence-electron chi connectivity index (χ4n) is 4.11. The average molecular weight is 537 g/mol. The highest BCUT2D eigenvalue weighted by molar-refractivity contribution is 14.0. The molecule has 1 atom stereocenters. The van der Waals surface area contributed by atoms with Crippen molar-refractivity contribution in [2.75, 3.05) is 45.1 Å². The van der Waals surface area contributed by atoms with Gasteiger partial charge in [0.2, 0.25) is 6.79 Å². The Morgan fingerprint density at radius 1 is 1.24 bits per heavy atom. The molecular weight excluding hydrogens is 509 g/mol. The van der Waals surface area contributed by atoms with Crippen molar-refractivity contribution in [2.45, 2.75) is 30.7 Å². The van der Waals surface area contributed by atoms with E-state index in [4.69, 9.17) is 14.2 Å². The molecule has 2 fully saturated rings. The highest BCUT2D eigenvalue weighted by atomic mass is 127. The van der Waals surface area contributed by atoms with Crippen molar-refractivity contribution in [1.82, 2.24) is 10.6 Å². The minimum atomic E-state index is -2.93. The molecule has 162 valence electrons. The molecule has 0 saturated carbocycles. The van der Waals surface area contributed by atoms with E-state index in [1.54, 1.807) is 7.05 Å². The van der Waals surface area contributed by atoms with Gasteiger partial charge in [-0.1, -0.05) is 6.07 Å². The summed E-state index contributed by atoms with van der Waals surface area (Å²) < 4.78 is 40.0. The van der Waals surface area contributed by atoms with Crippen molar-refractivity contribution in [3.05, 3.63) is 23.8 Å². The van der Waals surface area contributed by atoms with Crippen LogP contribution in [0.5, 0.6) is 11.5 Å². The van der Waals surface area contributed by atoms with E-state index in [1.807, 2.05) is 6.07 Å². The highest BCUT2D eigenvalue weighted by Crippen LogP contribution is 2.40. The zero-order chi connectivity index (χ0) is 19.6. The molecule has 4 rings (SSSR count). The summed E-state index contributed by atoms with van der Waals surface area (Å²) in [7, 11) is -1.23. The highest BCUT2D eigenvalue weighted by Gasteiger charge is 2.36. The van der Waals surface area contributed by atoms with Gasteiger partial charge >= 0.3 is 0 Å². The molecule has 3 heterocycles. The van der Waals surface area contributed by atoms with Gasteiger partial charge in [0.05, 0.1) is 11.5 Å². The molecule has 0 radical (unpaired) electrons. The molecule has 2 N–H and O–H groups in total. The van der Waals surface area contributed by atoms with E-state index in [9.17, 15) is 8.42 Å². The first kappa shape index (κ1) is 22.4. The largest absolute Gasteiger partial charge is 0.454 e. The standard InChI is InChI=1S/C19H27N3O5S.HI/c1-20-18(22-15-4-9-28(23,24)11-15)21-12-19(5-7-25-8-6-19)14-2-3-16-17(10-14)27-13-26-16;/h2-3,10,15H,4-9,11-13H2,1H3,(H2,20,21,22);1H. The maximum atomic E-state index is 11.7. The molecule has 1 unspecified atom stereocenters. The summed E-state index contributed by atoms with van der Waals surface area (Å²) in [6.07, 6.45) is 2.38. The Bertz CT molecular complexity index is 855. The number of aliphatic imine (C=N–C) groups is 1. The first-order valence-corrected chi connectivity index (χ1v) is 11.5. The van der Waals surface area contributed by atoms with Crippen LogP contribution in [0.15, 0.2) is 23.2 Å². The Kier molecular flexibility index (Phi) is 7.15. The number of hydrogen-bond donors (Lipinski definition) is 2. The van der Waals surface area contributed by atoms with Crippen LogP contribution < -0.4 is 20.1 Å². The van der Waals surface area contributed by atoms with Crippen LogP contribution in [-0.4, -0.2) is 65.5 Å². The van der Waals surface area contributed by atoms with Crippen molar-refractivity contribution >= 4 is 39.8 Å². The molecule has 0 amide bonds. The Balaban J connectivity index is 0.00000240. The van der Waals surface area contributed by atoms with E-state index in [1.165, 1.54) is 5.56 Å². The third-order valence-corrected chi connectivity index (χ3v) is 7.59. The summed E-state index contributed by atoms with van der Waals surface area (Å²) in [6, 6.07) is 6.04. The Hall–Kier alpha value is -1.27. The van der Waals surface area contributed by atoms with Gasteiger partial charge in [0.1, 0.15) is 0 Å². The minimum Gasteiger partial charge on any atom is -0.454 e. The number of guanidine groups is 1. The second-order valence-corrected chi connectivity index (χ2v) is 9.86. The molecule has 0 spiro atoms. The van der Waals surface area contributed by atoms with E-state index in [2.05, 4.69) is 27.8 Å². The van der Waals surface area contributed by atoms with Crippen LogP contribution in [0.1, 0.15) is 24.8 Å². The first-order chi connectivity index (χ1) is 13.5. The molecule has 1 aromatic rings. The number of rotatable bonds is 4. The number of nitrogens with zero attached hydrogens (tertiary/aromatic N) is 1. The summed E-state index contributed by atoms with van der Waals surface area (Å²) >= 11 is 0. The number of fused-ring (bicyclic) bond motifs is 1. The van der Waals surface area contributed by atoms with E-state index in [0.29, 0.717) is 32.1 Å². The van der Waals surface area contributed by atoms with Crippen LogP contribution >= 0.6 is 24.0 Å². The SMILES string of the molecule is CN=C(NCC1(c2ccc3c(c2)OCO3)CCOCC1)NC1CCS(=O)(=O)C1.I. The van der Waals surface area contributed by atoms with Crippen molar-refractivity contribution in [3.8, 4) is 11.5 Å². The lowest BCUT2D eigenvalue weighted by molar-refractivity contribution is 0.0513. The lowest BCUT2D eigenvalue weighted by atomic mass is 9.74. The van der Waals surface area contributed by atoms with Crippen LogP contribution in [0.3, 0.4) is 0 Å². The van der Waals surface area contributed by atoms with E-state index >= 15 is 0 Å². The molecule has 8 nitrogen and oxygen atoms in total. The van der Waals surface area contributed by atoms with Crippen LogP contribution in [-0.2, 0) is 20.0 Å². The maximum absolute atomic E-state index is 11.7. The normalized spacial score (nSPS) is 24.6.